The van der Waals surface area contributed by atoms with Gasteiger partial charge in [0.25, 0.3) is 0 Å². The Kier molecular flexibility index (Phi) is 20.9. The molecule has 4 bridgehead atoms. The van der Waals surface area contributed by atoms with Crippen LogP contribution in [0.15, 0.2) is 206 Å². The van der Waals surface area contributed by atoms with Crippen molar-refractivity contribution in [3.63, 3.8) is 0 Å². The molecule has 0 amide bonds. The molecule has 7 aromatic carbocycles. The summed E-state index contributed by atoms with van der Waals surface area (Å²) in [7, 11) is 1.68. The Morgan fingerprint density at radius 2 is 0.835 bits per heavy atom. The van der Waals surface area contributed by atoms with Gasteiger partial charge in [-0.15, -0.1) is 0 Å². The lowest BCUT2D eigenvalue weighted by Crippen LogP contribution is -2.65. The van der Waals surface area contributed by atoms with Gasteiger partial charge >= 0.3 is 0 Å². The number of benzene rings is 7. The highest BCUT2D eigenvalue weighted by Crippen LogP contribution is 2.42. The van der Waals surface area contributed by atoms with Crippen LogP contribution in [0.2, 0.25) is 0 Å². The molecule has 0 radical (unpaired) electrons. The maximum atomic E-state index is 7.65. The van der Waals surface area contributed by atoms with Crippen LogP contribution in [-0.2, 0) is 98.3 Å². The minimum atomic E-state index is -1.69. The van der Waals surface area contributed by atoms with E-state index >= 15 is 0 Å². The molecular formula is C66H73NO12. The number of methoxy groups -OCH3 is 1. The van der Waals surface area contributed by atoms with Crippen LogP contribution in [0.4, 0.5) is 0 Å². The van der Waals surface area contributed by atoms with Crippen LogP contribution in [0.25, 0.3) is 0 Å². The zero-order valence-corrected chi connectivity index (χ0v) is 45.0. The molecule has 414 valence electrons. The molecule has 3 heterocycles. The molecule has 0 saturated carbocycles. The Balaban J connectivity index is 1.07. The molecule has 79 heavy (non-hydrogen) atoms. The first kappa shape index (κ1) is 56.1. The van der Waals surface area contributed by atoms with E-state index < -0.39 is 54.8 Å². The Morgan fingerprint density at radius 1 is 0.418 bits per heavy atom. The largest absolute Gasteiger partial charge is 0.497 e. The van der Waals surface area contributed by atoms with Crippen molar-refractivity contribution in [3.05, 3.63) is 245 Å². The first-order valence-corrected chi connectivity index (χ1v) is 27.5. The quantitative estimate of drug-likeness (QED) is 0.0642. The van der Waals surface area contributed by atoms with Crippen LogP contribution in [0.5, 0.6) is 5.75 Å². The smallest absolute Gasteiger partial charge is 0.224 e. The van der Waals surface area contributed by atoms with Crippen LogP contribution < -0.4 is 4.74 Å². The summed E-state index contributed by atoms with van der Waals surface area (Å²) in [6, 6.07) is 68.6. The van der Waals surface area contributed by atoms with E-state index in [9.17, 15) is 0 Å². The Labute approximate surface area is 465 Å². The summed E-state index contributed by atoms with van der Waals surface area (Å²) in [6.45, 7) is 4.35. The summed E-state index contributed by atoms with van der Waals surface area (Å²) in [4.78, 5) is 2.33. The number of rotatable bonds is 22. The number of hydrogen-bond donors (Lipinski definition) is 0. The summed E-state index contributed by atoms with van der Waals surface area (Å²) in [5.74, 6) is -0.892. The van der Waals surface area contributed by atoms with Crippen molar-refractivity contribution in [3.8, 4) is 5.75 Å². The molecule has 0 aromatic heterocycles. The second-order valence-corrected chi connectivity index (χ2v) is 20.1. The fourth-order valence-corrected chi connectivity index (χ4v) is 10.3. The van der Waals surface area contributed by atoms with Crippen LogP contribution in [0.1, 0.15) is 38.9 Å². The highest BCUT2D eigenvalue weighted by Gasteiger charge is 2.62. The van der Waals surface area contributed by atoms with Gasteiger partial charge in [-0.25, -0.2) is 0 Å². The van der Waals surface area contributed by atoms with Crippen molar-refractivity contribution in [2.75, 3.05) is 53.2 Å². The fourth-order valence-electron chi connectivity index (χ4n) is 10.3. The number of hydrogen-bond acceptors (Lipinski definition) is 13. The average molecular weight is 1070 g/mol. The summed E-state index contributed by atoms with van der Waals surface area (Å²) in [5, 5.41) is 0. The van der Waals surface area contributed by atoms with E-state index in [4.69, 9.17) is 56.8 Å². The predicted octanol–water partition coefficient (Wildman–Crippen LogP) is 10.5. The van der Waals surface area contributed by atoms with Crippen molar-refractivity contribution >= 4 is 0 Å². The minimum absolute atomic E-state index is 0.0887. The molecule has 3 saturated heterocycles. The van der Waals surface area contributed by atoms with E-state index in [0.29, 0.717) is 32.8 Å². The molecule has 0 unspecified atom stereocenters. The Hall–Kier alpha value is -6.14. The lowest BCUT2D eigenvalue weighted by Gasteiger charge is -2.48. The van der Waals surface area contributed by atoms with Gasteiger partial charge in [-0.2, -0.15) is 0 Å². The van der Waals surface area contributed by atoms with Crippen LogP contribution in [0.3, 0.4) is 0 Å². The fraction of sp³-hybridized carbons (Fsp3) is 0.364. The van der Waals surface area contributed by atoms with Crippen LogP contribution in [0, 0.1) is 0 Å². The second-order valence-electron chi connectivity index (χ2n) is 20.1. The van der Waals surface area contributed by atoms with Gasteiger partial charge in [0, 0.05) is 19.6 Å². The highest BCUT2D eigenvalue weighted by molar-refractivity contribution is 5.27. The lowest BCUT2D eigenvalue weighted by molar-refractivity contribution is -0.398. The molecular weight excluding hydrogens is 999 g/mol. The SMILES string of the molecule is COc1ccc(CN2CCOC[C@H]3O[C@@](COCc4ccccc4)(O[C@H]4O[C@H](COCC2)[C@@H](OCc2ccccc2)[C@H](OCc2ccccc2)[C@H]4OCc2ccccc2)[C@@H](OCc2ccccc2)[C@@H]3OCc2ccccc2)cc1. The number of nitrogens with zero attached hydrogens (tertiary/aromatic N) is 1. The standard InChI is InChI=1S/C66H73NO12/c1-68-57-34-32-50(33-35-57)40-67-36-38-69-47-58-60(72-42-52-22-10-3-11-23-52)62(74-44-54-26-14-5-15-27-54)63(75-45-55-28-16-6-17-29-55)65(77-58)79-66(49-71-41-51-20-8-2-9-21-51)64(76-46-56-30-18-7-19-31-56)61(59(78-66)48-70-39-37-67)73-43-53-24-12-4-13-25-53/h2-35,58-65H,36-49H2,1H3/t58-,59-,60-,61-,62+,63-,64+,65-,66+/m1/s1. The highest BCUT2D eigenvalue weighted by atomic mass is 16.8. The molecule has 0 N–H and O–H groups in total. The normalized spacial score (nSPS) is 24.9. The van der Waals surface area contributed by atoms with E-state index in [1.807, 2.05) is 194 Å². The minimum Gasteiger partial charge on any atom is -0.497 e. The molecule has 10 rings (SSSR count). The molecule has 0 aliphatic carbocycles. The molecule has 0 spiro atoms. The molecule has 3 aliphatic heterocycles. The second kappa shape index (κ2) is 29.4. The third-order valence-corrected chi connectivity index (χ3v) is 14.4. The van der Waals surface area contributed by atoms with E-state index in [1.165, 1.54) is 0 Å². The van der Waals surface area contributed by atoms with Gasteiger partial charge in [-0.05, 0) is 51.1 Å². The van der Waals surface area contributed by atoms with Gasteiger partial charge in [0.1, 0.15) is 55.1 Å². The third kappa shape index (κ3) is 16.0. The van der Waals surface area contributed by atoms with Gasteiger partial charge in [0.05, 0.1) is 73.2 Å². The van der Waals surface area contributed by atoms with Crippen LogP contribution in [-0.4, -0.2) is 113 Å². The van der Waals surface area contributed by atoms with Crippen molar-refractivity contribution in [2.24, 2.45) is 0 Å². The first-order valence-electron chi connectivity index (χ1n) is 27.5. The van der Waals surface area contributed by atoms with Gasteiger partial charge < -0.3 is 56.8 Å². The summed E-state index contributed by atoms with van der Waals surface area (Å²) in [5.41, 5.74) is 6.99. The summed E-state index contributed by atoms with van der Waals surface area (Å²) < 4.78 is 83.8. The monoisotopic (exact) mass is 1070 g/mol. The van der Waals surface area contributed by atoms with E-state index in [0.717, 1.165) is 44.7 Å². The van der Waals surface area contributed by atoms with Crippen molar-refractivity contribution < 1.29 is 56.8 Å². The van der Waals surface area contributed by atoms with E-state index in [-0.39, 0.29) is 59.5 Å². The van der Waals surface area contributed by atoms with Gasteiger partial charge in [0.2, 0.25) is 5.79 Å². The van der Waals surface area contributed by atoms with Crippen molar-refractivity contribution in [2.45, 2.75) is 101 Å². The molecule has 9 atom stereocenters. The Morgan fingerprint density at radius 3 is 1.32 bits per heavy atom. The molecule has 3 aliphatic rings. The van der Waals surface area contributed by atoms with Crippen molar-refractivity contribution in [1.29, 1.82) is 0 Å². The molecule has 7 aromatic rings. The van der Waals surface area contributed by atoms with Crippen LogP contribution >= 0.6 is 0 Å². The van der Waals surface area contributed by atoms with Gasteiger partial charge in [0.15, 0.2) is 6.29 Å². The molecule has 3 fully saturated rings. The molecule has 13 nitrogen and oxygen atoms in total. The topological polar surface area (TPSA) is 114 Å². The van der Waals surface area contributed by atoms with E-state index in [2.05, 4.69) is 17.0 Å². The van der Waals surface area contributed by atoms with E-state index in [1.54, 1.807) is 7.11 Å². The average Bonchev–Trinajstić information content (AvgIpc) is 3.85. The van der Waals surface area contributed by atoms with Crippen molar-refractivity contribution in [1.82, 2.24) is 4.90 Å². The van der Waals surface area contributed by atoms with Gasteiger partial charge in [-0.3, -0.25) is 4.90 Å². The predicted molar refractivity (Wildman–Crippen MR) is 298 cm³/mol. The van der Waals surface area contributed by atoms with Gasteiger partial charge in [-0.1, -0.05) is 194 Å². The number of ether oxygens (including phenoxy) is 12. The maximum Gasteiger partial charge on any atom is 0.224 e. The third-order valence-electron chi connectivity index (χ3n) is 14.4. The molecule has 13 heteroatoms. The summed E-state index contributed by atoms with van der Waals surface area (Å²) in [6.07, 6.45) is -6.64. The zero-order valence-electron chi connectivity index (χ0n) is 45.0. The summed E-state index contributed by atoms with van der Waals surface area (Å²) >= 11 is 0. The number of fused-ring (bicyclic) bond motifs is 4. The lowest BCUT2D eigenvalue weighted by atomic mass is 9.97. The Bertz CT molecular complexity index is 2780. The maximum absolute atomic E-state index is 7.65. The zero-order chi connectivity index (χ0) is 53.7. The first-order chi connectivity index (χ1) is 39.1.